The van der Waals surface area contributed by atoms with Gasteiger partial charge in [0.15, 0.2) is 0 Å². The fourth-order valence-corrected chi connectivity index (χ4v) is 2.80. The standard InChI is InChI=1S/C16H21N3OS/c1-4-19(3)15(13-8-6-5-7-9-13)16(20)17-10-14-11-21-12(2)18-14/h5-9,11,15H,4,10H2,1-3H3,(H,17,20). The number of nitrogens with zero attached hydrogens (tertiary/aromatic N) is 2. The Labute approximate surface area is 129 Å². The molecule has 0 fully saturated rings. The molecule has 21 heavy (non-hydrogen) atoms. The lowest BCUT2D eigenvalue weighted by atomic mass is 10.0. The van der Waals surface area contributed by atoms with Crippen molar-refractivity contribution in [1.29, 1.82) is 0 Å². The molecule has 1 unspecified atom stereocenters. The molecular weight excluding hydrogens is 282 g/mol. The van der Waals surface area contributed by atoms with Gasteiger partial charge in [0.2, 0.25) is 5.91 Å². The molecule has 112 valence electrons. The number of amides is 1. The van der Waals surface area contributed by atoms with Crippen LogP contribution < -0.4 is 5.32 Å². The van der Waals surface area contributed by atoms with E-state index in [4.69, 9.17) is 0 Å². The van der Waals surface area contributed by atoms with E-state index in [1.54, 1.807) is 11.3 Å². The first-order valence-corrected chi connectivity index (χ1v) is 7.93. The number of aromatic nitrogens is 1. The first kappa shape index (κ1) is 15.7. The van der Waals surface area contributed by atoms with E-state index < -0.39 is 0 Å². The van der Waals surface area contributed by atoms with Gasteiger partial charge in [0, 0.05) is 5.38 Å². The van der Waals surface area contributed by atoms with E-state index in [1.165, 1.54) is 0 Å². The van der Waals surface area contributed by atoms with Gasteiger partial charge in [-0.05, 0) is 26.1 Å². The predicted octanol–water partition coefficient (Wildman–Crippen LogP) is 2.76. The van der Waals surface area contributed by atoms with E-state index in [0.717, 1.165) is 22.8 Å². The molecule has 5 heteroatoms. The number of hydrogen-bond donors (Lipinski definition) is 1. The van der Waals surface area contributed by atoms with Crippen molar-refractivity contribution in [2.24, 2.45) is 0 Å². The summed E-state index contributed by atoms with van der Waals surface area (Å²) in [6.07, 6.45) is 0. The Hall–Kier alpha value is -1.72. The molecule has 0 aliphatic carbocycles. The quantitative estimate of drug-likeness (QED) is 0.892. The van der Waals surface area contributed by atoms with Gasteiger partial charge in [0.1, 0.15) is 6.04 Å². The van der Waals surface area contributed by atoms with Crippen molar-refractivity contribution in [3.63, 3.8) is 0 Å². The van der Waals surface area contributed by atoms with Crippen molar-refractivity contribution in [2.45, 2.75) is 26.4 Å². The molecule has 0 radical (unpaired) electrons. The molecule has 1 aromatic heterocycles. The highest BCUT2D eigenvalue weighted by Crippen LogP contribution is 2.19. The molecule has 0 saturated heterocycles. The summed E-state index contributed by atoms with van der Waals surface area (Å²) in [5, 5.41) is 5.99. The van der Waals surface area contributed by atoms with Crippen molar-refractivity contribution in [3.8, 4) is 0 Å². The number of thiazole rings is 1. The predicted molar refractivity (Wildman–Crippen MR) is 86.2 cm³/mol. The molecule has 1 aromatic carbocycles. The Morgan fingerprint density at radius 3 is 2.67 bits per heavy atom. The molecule has 1 amide bonds. The molecule has 1 heterocycles. The van der Waals surface area contributed by atoms with E-state index in [0.29, 0.717) is 6.54 Å². The van der Waals surface area contributed by atoms with Gasteiger partial charge in [0.25, 0.3) is 0 Å². The second-order valence-electron chi connectivity index (χ2n) is 4.96. The summed E-state index contributed by atoms with van der Waals surface area (Å²) >= 11 is 1.60. The van der Waals surface area contributed by atoms with E-state index >= 15 is 0 Å². The minimum Gasteiger partial charge on any atom is -0.349 e. The molecule has 0 bridgehead atoms. The van der Waals surface area contributed by atoms with Gasteiger partial charge in [-0.25, -0.2) is 4.98 Å². The van der Waals surface area contributed by atoms with Gasteiger partial charge >= 0.3 is 0 Å². The minimum atomic E-state index is -0.268. The molecule has 2 rings (SSSR count). The largest absolute Gasteiger partial charge is 0.349 e. The van der Waals surface area contributed by atoms with Crippen LogP contribution in [0.5, 0.6) is 0 Å². The highest BCUT2D eigenvalue weighted by atomic mass is 32.1. The Kier molecular flexibility index (Phi) is 5.47. The number of nitrogens with one attached hydrogen (secondary N) is 1. The number of hydrogen-bond acceptors (Lipinski definition) is 4. The maximum Gasteiger partial charge on any atom is 0.242 e. The molecular formula is C16H21N3OS. The smallest absolute Gasteiger partial charge is 0.242 e. The third-order valence-electron chi connectivity index (χ3n) is 3.41. The molecule has 0 aliphatic heterocycles. The number of carbonyl (C=O) groups is 1. The number of carbonyl (C=O) groups excluding carboxylic acids is 1. The van der Waals surface area contributed by atoms with Crippen molar-refractivity contribution < 1.29 is 4.79 Å². The zero-order valence-electron chi connectivity index (χ0n) is 12.7. The number of aryl methyl sites for hydroxylation is 1. The van der Waals surface area contributed by atoms with Crippen LogP contribution >= 0.6 is 11.3 Å². The molecule has 0 spiro atoms. The van der Waals surface area contributed by atoms with Crippen LogP contribution in [0, 0.1) is 6.92 Å². The average Bonchev–Trinajstić information content (AvgIpc) is 2.92. The molecule has 1 N–H and O–H groups in total. The first-order valence-electron chi connectivity index (χ1n) is 7.05. The zero-order valence-corrected chi connectivity index (χ0v) is 13.5. The van der Waals surface area contributed by atoms with Crippen molar-refractivity contribution in [1.82, 2.24) is 15.2 Å². The second kappa shape index (κ2) is 7.33. The van der Waals surface area contributed by atoms with Crippen LogP contribution in [0.15, 0.2) is 35.7 Å². The summed E-state index contributed by atoms with van der Waals surface area (Å²) in [6.45, 7) is 5.30. The van der Waals surface area contributed by atoms with Crippen LogP contribution in [0.2, 0.25) is 0 Å². The van der Waals surface area contributed by atoms with E-state index in [-0.39, 0.29) is 11.9 Å². The van der Waals surface area contributed by atoms with Crippen LogP contribution in [-0.4, -0.2) is 29.4 Å². The SMILES string of the molecule is CCN(C)C(C(=O)NCc1csc(C)n1)c1ccccc1. The molecule has 0 aliphatic rings. The molecule has 4 nitrogen and oxygen atoms in total. The topological polar surface area (TPSA) is 45.2 Å². The van der Waals surface area contributed by atoms with E-state index in [1.807, 2.05) is 61.5 Å². The van der Waals surface area contributed by atoms with Gasteiger partial charge < -0.3 is 5.32 Å². The summed E-state index contributed by atoms with van der Waals surface area (Å²) < 4.78 is 0. The average molecular weight is 303 g/mol. The third kappa shape index (κ3) is 4.12. The second-order valence-corrected chi connectivity index (χ2v) is 6.02. The minimum absolute atomic E-state index is 0.0104. The maximum absolute atomic E-state index is 12.5. The lowest BCUT2D eigenvalue weighted by molar-refractivity contribution is -0.126. The van der Waals surface area contributed by atoms with Gasteiger partial charge in [-0.2, -0.15) is 0 Å². The van der Waals surface area contributed by atoms with Gasteiger partial charge in [-0.1, -0.05) is 37.3 Å². The van der Waals surface area contributed by atoms with Crippen molar-refractivity contribution >= 4 is 17.2 Å². The zero-order chi connectivity index (χ0) is 15.2. The van der Waals surface area contributed by atoms with Crippen molar-refractivity contribution in [2.75, 3.05) is 13.6 Å². The monoisotopic (exact) mass is 303 g/mol. The van der Waals surface area contributed by atoms with Gasteiger partial charge in [-0.15, -0.1) is 11.3 Å². The number of likely N-dealkylation sites (N-methyl/N-ethyl adjacent to an activating group) is 1. The summed E-state index contributed by atoms with van der Waals surface area (Å²) in [5.41, 5.74) is 1.92. The Morgan fingerprint density at radius 2 is 2.10 bits per heavy atom. The van der Waals surface area contributed by atoms with Crippen LogP contribution in [0.1, 0.15) is 29.2 Å². The van der Waals surface area contributed by atoms with E-state index in [2.05, 4.69) is 10.3 Å². The Balaban J connectivity index is 2.08. The first-order chi connectivity index (χ1) is 10.1. The molecule has 1 atom stereocenters. The van der Waals surface area contributed by atoms with Crippen LogP contribution in [0.25, 0.3) is 0 Å². The number of benzene rings is 1. The number of rotatable bonds is 6. The summed E-state index contributed by atoms with van der Waals surface area (Å²) in [5.74, 6) is 0.0104. The van der Waals surface area contributed by atoms with Crippen molar-refractivity contribution in [3.05, 3.63) is 52.0 Å². The summed E-state index contributed by atoms with van der Waals surface area (Å²) in [4.78, 5) is 19.0. The highest BCUT2D eigenvalue weighted by Gasteiger charge is 2.23. The highest BCUT2D eigenvalue weighted by molar-refractivity contribution is 7.09. The Morgan fingerprint density at radius 1 is 1.38 bits per heavy atom. The molecule has 2 aromatic rings. The fraction of sp³-hybridized carbons (Fsp3) is 0.375. The lowest BCUT2D eigenvalue weighted by Crippen LogP contribution is -2.38. The van der Waals surface area contributed by atoms with Crippen LogP contribution in [0.4, 0.5) is 0 Å². The summed E-state index contributed by atoms with van der Waals surface area (Å²) in [7, 11) is 1.96. The van der Waals surface area contributed by atoms with Gasteiger partial charge in [0.05, 0.1) is 17.2 Å². The fourth-order valence-electron chi connectivity index (χ4n) is 2.19. The van der Waals surface area contributed by atoms with Crippen LogP contribution in [-0.2, 0) is 11.3 Å². The lowest BCUT2D eigenvalue weighted by Gasteiger charge is -2.26. The summed E-state index contributed by atoms with van der Waals surface area (Å²) in [6, 6.07) is 9.59. The van der Waals surface area contributed by atoms with E-state index in [9.17, 15) is 4.79 Å². The third-order valence-corrected chi connectivity index (χ3v) is 4.24. The normalized spacial score (nSPS) is 12.4. The molecule has 0 saturated carbocycles. The Bertz CT molecular complexity index is 582. The van der Waals surface area contributed by atoms with Crippen LogP contribution in [0.3, 0.4) is 0 Å². The maximum atomic E-state index is 12.5. The van der Waals surface area contributed by atoms with Gasteiger partial charge in [-0.3, -0.25) is 9.69 Å².